The van der Waals surface area contributed by atoms with Crippen LogP contribution in [0.1, 0.15) is 26.3 Å². The maximum absolute atomic E-state index is 12.3. The zero-order valence-corrected chi connectivity index (χ0v) is 13.2. The Morgan fingerprint density at radius 1 is 1.04 bits per heavy atom. The molecule has 0 bridgehead atoms. The smallest absolute Gasteiger partial charge is 0.331 e. The van der Waals surface area contributed by atoms with Crippen molar-refractivity contribution in [2.75, 3.05) is 0 Å². The van der Waals surface area contributed by atoms with Crippen LogP contribution in [-0.4, -0.2) is 19.8 Å². The van der Waals surface area contributed by atoms with Crippen LogP contribution < -0.4 is 5.69 Å². The van der Waals surface area contributed by atoms with Gasteiger partial charge >= 0.3 is 5.69 Å². The number of rotatable bonds is 2. The first-order valence-corrected chi connectivity index (χ1v) is 7.30. The van der Waals surface area contributed by atoms with E-state index >= 15 is 0 Å². The molecule has 0 aliphatic heterocycles. The third-order valence-electron chi connectivity index (χ3n) is 4.08. The zero-order chi connectivity index (χ0) is 16.7. The number of aromatic nitrogens is 2. The first-order valence-electron chi connectivity index (χ1n) is 7.30. The summed E-state index contributed by atoms with van der Waals surface area (Å²) in [5, 5.41) is 20.4. The van der Waals surface area contributed by atoms with Gasteiger partial charge < -0.3 is 15.2 Å². The van der Waals surface area contributed by atoms with Crippen LogP contribution in [0.25, 0.3) is 22.3 Å². The van der Waals surface area contributed by atoms with E-state index in [-0.39, 0.29) is 17.2 Å². The van der Waals surface area contributed by atoms with Gasteiger partial charge in [0.05, 0.1) is 16.7 Å². The highest BCUT2D eigenvalue weighted by Crippen LogP contribution is 2.35. The van der Waals surface area contributed by atoms with Crippen molar-refractivity contribution in [3.8, 4) is 17.2 Å². The molecule has 0 aliphatic carbocycles. The maximum atomic E-state index is 12.3. The van der Waals surface area contributed by atoms with Crippen molar-refractivity contribution in [2.24, 2.45) is 0 Å². The molecule has 2 aromatic carbocycles. The van der Waals surface area contributed by atoms with Gasteiger partial charge in [0.15, 0.2) is 0 Å². The number of para-hydroxylation sites is 2. The monoisotopic (exact) mass is 310 g/mol. The lowest BCUT2D eigenvalue weighted by molar-refractivity contribution is 0.447. The Kier molecular flexibility index (Phi) is 3.48. The standard InChI is InChI=1S/C18H18N2O3/c1-10(2)11(3)12-8-15(17(22)9-16(12)21)20-14-7-5-4-6-13(14)19-18(20)23/h4-9,21-22H,1-3H3,(H,19,23). The van der Waals surface area contributed by atoms with Crippen molar-refractivity contribution >= 4 is 16.6 Å². The van der Waals surface area contributed by atoms with Gasteiger partial charge in [0, 0.05) is 11.6 Å². The van der Waals surface area contributed by atoms with Gasteiger partial charge in [0.25, 0.3) is 0 Å². The van der Waals surface area contributed by atoms with E-state index in [1.54, 1.807) is 18.2 Å². The molecule has 0 unspecified atom stereocenters. The van der Waals surface area contributed by atoms with Crippen molar-refractivity contribution in [3.63, 3.8) is 0 Å². The molecule has 0 fully saturated rings. The Bertz CT molecular complexity index is 989. The molecular weight excluding hydrogens is 292 g/mol. The number of benzene rings is 2. The van der Waals surface area contributed by atoms with Crippen molar-refractivity contribution in [3.05, 3.63) is 58.0 Å². The summed E-state index contributed by atoms with van der Waals surface area (Å²) < 4.78 is 1.41. The minimum absolute atomic E-state index is 0.0159. The lowest BCUT2D eigenvalue weighted by atomic mass is 10.0. The Balaban J connectivity index is 2.36. The highest BCUT2D eigenvalue weighted by atomic mass is 16.3. The summed E-state index contributed by atoms with van der Waals surface area (Å²) >= 11 is 0. The minimum atomic E-state index is -0.340. The molecule has 23 heavy (non-hydrogen) atoms. The van der Waals surface area contributed by atoms with Crippen LogP contribution in [0.4, 0.5) is 0 Å². The second kappa shape index (κ2) is 5.35. The summed E-state index contributed by atoms with van der Waals surface area (Å²) in [6.45, 7) is 5.78. The molecule has 1 heterocycles. The summed E-state index contributed by atoms with van der Waals surface area (Å²) in [6, 6.07) is 10.2. The van der Waals surface area contributed by atoms with Gasteiger partial charge in [-0.15, -0.1) is 0 Å². The van der Waals surface area contributed by atoms with Gasteiger partial charge in [-0.3, -0.25) is 4.57 Å². The van der Waals surface area contributed by atoms with Crippen LogP contribution in [0.3, 0.4) is 0 Å². The summed E-state index contributed by atoms with van der Waals surface area (Å²) in [5.74, 6) is -0.169. The van der Waals surface area contributed by atoms with Crippen LogP contribution in [-0.2, 0) is 0 Å². The summed E-state index contributed by atoms with van der Waals surface area (Å²) in [5.41, 5.74) is 3.88. The van der Waals surface area contributed by atoms with Crippen molar-refractivity contribution in [1.82, 2.24) is 9.55 Å². The number of fused-ring (bicyclic) bond motifs is 1. The third kappa shape index (κ3) is 2.40. The lowest BCUT2D eigenvalue weighted by Gasteiger charge is -2.12. The highest BCUT2D eigenvalue weighted by molar-refractivity contribution is 5.80. The van der Waals surface area contributed by atoms with Crippen LogP contribution in [0.2, 0.25) is 0 Å². The van der Waals surface area contributed by atoms with Gasteiger partial charge in [0.1, 0.15) is 11.5 Å². The van der Waals surface area contributed by atoms with Crippen molar-refractivity contribution in [1.29, 1.82) is 0 Å². The Morgan fingerprint density at radius 2 is 1.74 bits per heavy atom. The van der Waals surface area contributed by atoms with Crippen LogP contribution in [0.5, 0.6) is 11.5 Å². The normalized spacial score (nSPS) is 10.9. The van der Waals surface area contributed by atoms with E-state index in [0.29, 0.717) is 22.3 Å². The lowest BCUT2D eigenvalue weighted by Crippen LogP contribution is -2.15. The molecule has 3 rings (SSSR count). The van der Waals surface area contributed by atoms with Gasteiger partial charge in [-0.25, -0.2) is 4.79 Å². The van der Waals surface area contributed by atoms with Crippen LogP contribution >= 0.6 is 0 Å². The van der Waals surface area contributed by atoms with Crippen LogP contribution in [0.15, 0.2) is 46.8 Å². The summed E-state index contributed by atoms with van der Waals surface area (Å²) in [7, 11) is 0. The van der Waals surface area contributed by atoms with Gasteiger partial charge in [0.2, 0.25) is 0 Å². The summed E-state index contributed by atoms with van der Waals surface area (Å²) in [6.07, 6.45) is 0. The molecule has 0 aliphatic rings. The van der Waals surface area contributed by atoms with E-state index in [0.717, 1.165) is 11.1 Å². The van der Waals surface area contributed by atoms with Gasteiger partial charge in [-0.1, -0.05) is 17.7 Å². The topological polar surface area (TPSA) is 78.2 Å². The first-order chi connectivity index (χ1) is 10.9. The van der Waals surface area contributed by atoms with Crippen LogP contribution in [0, 0.1) is 0 Å². The Labute approximate surface area is 133 Å². The van der Waals surface area contributed by atoms with Gasteiger partial charge in [-0.2, -0.15) is 0 Å². The molecule has 3 aromatic rings. The van der Waals surface area contributed by atoms with E-state index < -0.39 is 0 Å². The number of H-pyrrole nitrogens is 1. The maximum Gasteiger partial charge on any atom is 0.331 e. The number of aromatic hydroxyl groups is 2. The molecule has 0 radical (unpaired) electrons. The highest BCUT2D eigenvalue weighted by Gasteiger charge is 2.16. The van der Waals surface area contributed by atoms with Gasteiger partial charge in [-0.05, 0) is 44.5 Å². The van der Waals surface area contributed by atoms with E-state index in [1.165, 1.54) is 10.6 Å². The number of imidazole rings is 1. The molecule has 0 spiro atoms. The quantitative estimate of drug-likeness (QED) is 0.677. The molecule has 0 saturated carbocycles. The number of hydrogen-bond donors (Lipinski definition) is 3. The molecule has 118 valence electrons. The predicted molar refractivity (Wildman–Crippen MR) is 91.2 cm³/mol. The fraction of sp³-hybridized carbons (Fsp3) is 0.167. The predicted octanol–water partition coefficient (Wildman–Crippen LogP) is 3.54. The molecule has 0 saturated heterocycles. The van der Waals surface area contributed by atoms with Crippen molar-refractivity contribution < 1.29 is 10.2 Å². The largest absolute Gasteiger partial charge is 0.507 e. The van der Waals surface area contributed by atoms with Crippen molar-refractivity contribution in [2.45, 2.75) is 20.8 Å². The average Bonchev–Trinajstić information content (AvgIpc) is 2.83. The Hall–Kier alpha value is -2.95. The molecule has 1 aromatic heterocycles. The number of nitrogens with one attached hydrogen (secondary N) is 1. The van der Waals surface area contributed by atoms with E-state index in [1.807, 2.05) is 32.9 Å². The first kappa shape index (κ1) is 15.0. The second-order valence-corrected chi connectivity index (χ2v) is 5.77. The number of nitrogens with zero attached hydrogens (tertiary/aromatic N) is 1. The molecule has 5 nitrogen and oxygen atoms in total. The van der Waals surface area contributed by atoms with E-state index in [4.69, 9.17) is 0 Å². The SMILES string of the molecule is CC(C)=C(C)c1cc(-n2c(=O)[nH]c3ccccc32)c(O)cc1O. The molecule has 3 N–H and O–H groups in total. The average molecular weight is 310 g/mol. The van der Waals surface area contributed by atoms with E-state index in [9.17, 15) is 15.0 Å². The fourth-order valence-electron chi connectivity index (χ4n) is 2.61. The minimum Gasteiger partial charge on any atom is -0.507 e. The number of phenols is 2. The summed E-state index contributed by atoms with van der Waals surface area (Å²) in [4.78, 5) is 15.1. The third-order valence-corrected chi connectivity index (χ3v) is 4.08. The number of aromatic amines is 1. The second-order valence-electron chi connectivity index (χ2n) is 5.77. The Morgan fingerprint density at radius 3 is 2.43 bits per heavy atom. The molecule has 0 amide bonds. The zero-order valence-electron chi connectivity index (χ0n) is 13.2. The molecule has 5 heteroatoms. The van der Waals surface area contributed by atoms with E-state index in [2.05, 4.69) is 4.98 Å². The molecule has 0 atom stereocenters. The molecular formula is C18H18N2O3. The number of hydrogen-bond acceptors (Lipinski definition) is 3. The number of allylic oxidation sites excluding steroid dienone is 2. The fourth-order valence-corrected chi connectivity index (χ4v) is 2.61. The number of phenolic OH excluding ortho intramolecular Hbond substituents is 2.